The summed E-state index contributed by atoms with van der Waals surface area (Å²) in [5, 5.41) is 5.46. The molecule has 2 unspecified atom stereocenters. The average molecular weight is 329 g/mol. The molecule has 2 aliphatic rings. The van der Waals surface area contributed by atoms with Crippen LogP contribution in [0.5, 0.6) is 0 Å². The van der Waals surface area contributed by atoms with Crippen LogP contribution in [0.1, 0.15) is 44.6 Å². The van der Waals surface area contributed by atoms with Gasteiger partial charge in [0.05, 0.1) is 6.54 Å². The van der Waals surface area contributed by atoms with Gasteiger partial charge in [-0.25, -0.2) is 4.79 Å². The molecular weight excluding hydrogens is 302 g/mol. The van der Waals surface area contributed by atoms with Crippen LogP contribution in [0.2, 0.25) is 0 Å². The van der Waals surface area contributed by atoms with Gasteiger partial charge in [0, 0.05) is 18.3 Å². The minimum atomic E-state index is -0.357. The van der Waals surface area contributed by atoms with Crippen LogP contribution in [-0.4, -0.2) is 31.1 Å². The summed E-state index contributed by atoms with van der Waals surface area (Å²) in [5.41, 5.74) is 2.39. The maximum Gasteiger partial charge on any atom is 0.321 e. The second kappa shape index (κ2) is 7.69. The molecule has 0 aromatic heterocycles. The standard InChI is InChI=1S/C19H27N3O2/c1-14-7-2-4-10-16(14)20-19(24)21-18(23)13-22-12-6-9-15-8-3-5-11-17(15)22/h3,5,8,11,14,16H,2,4,6-7,9-10,12-13H2,1H3,(H2,20,21,23,24). The van der Waals surface area contributed by atoms with Gasteiger partial charge in [-0.15, -0.1) is 0 Å². The number of nitrogens with one attached hydrogen (secondary N) is 2. The highest BCUT2D eigenvalue weighted by atomic mass is 16.2. The number of carbonyl (C=O) groups is 2. The fourth-order valence-electron chi connectivity index (χ4n) is 3.85. The average Bonchev–Trinajstić information content (AvgIpc) is 2.57. The van der Waals surface area contributed by atoms with Crippen molar-refractivity contribution in [1.29, 1.82) is 0 Å². The molecule has 0 radical (unpaired) electrons. The molecule has 0 saturated heterocycles. The number of carbonyl (C=O) groups excluding carboxylic acids is 2. The summed E-state index contributed by atoms with van der Waals surface area (Å²) in [7, 11) is 0. The molecule has 1 saturated carbocycles. The van der Waals surface area contributed by atoms with Crippen molar-refractivity contribution in [2.24, 2.45) is 5.92 Å². The van der Waals surface area contributed by atoms with Gasteiger partial charge in [-0.2, -0.15) is 0 Å². The molecule has 0 bridgehead atoms. The van der Waals surface area contributed by atoms with Gasteiger partial charge in [-0.1, -0.05) is 38.0 Å². The summed E-state index contributed by atoms with van der Waals surface area (Å²) < 4.78 is 0. The third-order valence-corrected chi connectivity index (χ3v) is 5.22. The molecule has 1 fully saturated rings. The maximum atomic E-state index is 12.2. The van der Waals surface area contributed by atoms with Gasteiger partial charge < -0.3 is 10.2 Å². The Morgan fingerprint density at radius 3 is 2.79 bits per heavy atom. The lowest BCUT2D eigenvalue weighted by atomic mass is 9.86. The number of amides is 3. The maximum absolute atomic E-state index is 12.2. The number of urea groups is 1. The number of hydrogen-bond acceptors (Lipinski definition) is 3. The van der Waals surface area contributed by atoms with Gasteiger partial charge in [0.1, 0.15) is 0 Å². The highest BCUT2D eigenvalue weighted by Crippen LogP contribution is 2.26. The molecule has 1 aromatic rings. The van der Waals surface area contributed by atoms with Gasteiger partial charge >= 0.3 is 6.03 Å². The van der Waals surface area contributed by atoms with Crippen molar-refractivity contribution in [3.05, 3.63) is 29.8 Å². The molecule has 1 aromatic carbocycles. The van der Waals surface area contributed by atoms with E-state index in [1.54, 1.807) is 0 Å². The lowest BCUT2D eigenvalue weighted by molar-refractivity contribution is -0.118. The van der Waals surface area contributed by atoms with Crippen LogP contribution in [0.25, 0.3) is 0 Å². The number of imide groups is 1. The molecule has 3 amide bonds. The Labute approximate surface area is 143 Å². The molecule has 2 atom stereocenters. The minimum absolute atomic E-state index is 0.183. The molecule has 1 aliphatic carbocycles. The number of nitrogens with zero attached hydrogens (tertiary/aromatic N) is 1. The van der Waals surface area contributed by atoms with Gasteiger partial charge in [0.25, 0.3) is 0 Å². The SMILES string of the molecule is CC1CCCCC1NC(=O)NC(=O)CN1CCCc2ccccc21. The third kappa shape index (κ3) is 4.08. The minimum Gasteiger partial charge on any atom is -0.362 e. The first-order chi connectivity index (χ1) is 11.6. The third-order valence-electron chi connectivity index (χ3n) is 5.22. The van der Waals surface area contributed by atoms with E-state index in [1.807, 2.05) is 18.2 Å². The first-order valence-corrected chi connectivity index (χ1v) is 9.06. The Morgan fingerprint density at radius 2 is 1.96 bits per heavy atom. The van der Waals surface area contributed by atoms with Crippen LogP contribution in [0.4, 0.5) is 10.5 Å². The van der Waals surface area contributed by atoms with Crippen molar-refractivity contribution in [3.8, 4) is 0 Å². The zero-order valence-electron chi connectivity index (χ0n) is 14.4. The number of rotatable bonds is 3. The summed E-state index contributed by atoms with van der Waals surface area (Å²) in [6.07, 6.45) is 6.61. The summed E-state index contributed by atoms with van der Waals surface area (Å²) in [6.45, 7) is 3.24. The summed E-state index contributed by atoms with van der Waals surface area (Å²) >= 11 is 0. The molecule has 24 heavy (non-hydrogen) atoms. The van der Waals surface area contributed by atoms with Crippen molar-refractivity contribution in [2.75, 3.05) is 18.0 Å². The second-order valence-electron chi connectivity index (χ2n) is 7.04. The van der Waals surface area contributed by atoms with Crippen molar-refractivity contribution in [1.82, 2.24) is 10.6 Å². The predicted molar refractivity (Wildman–Crippen MR) is 95.1 cm³/mol. The lowest BCUT2D eigenvalue weighted by Crippen LogP contribution is -2.50. The van der Waals surface area contributed by atoms with Crippen molar-refractivity contribution < 1.29 is 9.59 Å². The van der Waals surface area contributed by atoms with Gasteiger partial charge in [0.2, 0.25) is 5.91 Å². The largest absolute Gasteiger partial charge is 0.362 e. The molecule has 1 heterocycles. The number of para-hydroxylation sites is 1. The van der Waals surface area contributed by atoms with Crippen molar-refractivity contribution in [2.45, 2.75) is 51.5 Å². The Hall–Kier alpha value is -2.04. The Kier molecular flexibility index (Phi) is 5.38. The van der Waals surface area contributed by atoms with Gasteiger partial charge in [0.15, 0.2) is 0 Å². The van der Waals surface area contributed by atoms with E-state index in [0.29, 0.717) is 5.92 Å². The van der Waals surface area contributed by atoms with E-state index in [0.717, 1.165) is 44.3 Å². The number of benzene rings is 1. The highest BCUT2D eigenvalue weighted by molar-refractivity contribution is 5.96. The van der Waals surface area contributed by atoms with Gasteiger partial charge in [-0.05, 0) is 43.2 Å². The smallest absolute Gasteiger partial charge is 0.321 e. The van der Waals surface area contributed by atoms with E-state index >= 15 is 0 Å². The molecular formula is C19H27N3O2. The van der Waals surface area contributed by atoms with Crippen LogP contribution in [0.3, 0.4) is 0 Å². The van der Waals surface area contributed by atoms with E-state index in [4.69, 9.17) is 0 Å². The Morgan fingerprint density at radius 1 is 1.17 bits per heavy atom. The monoisotopic (exact) mass is 329 g/mol. The zero-order chi connectivity index (χ0) is 16.9. The molecule has 5 heteroatoms. The lowest BCUT2D eigenvalue weighted by Gasteiger charge is -2.31. The van der Waals surface area contributed by atoms with E-state index in [9.17, 15) is 9.59 Å². The molecule has 2 N–H and O–H groups in total. The Bertz CT molecular complexity index is 602. The number of fused-ring (bicyclic) bond motifs is 1. The summed E-state index contributed by atoms with van der Waals surface area (Å²) in [5.74, 6) is 0.237. The van der Waals surface area contributed by atoms with Crippen LogP contribution >= 0.6 is 0 Å². The zero-order valence-corrected chi connectivity index (χ0v) is 14.4. The first kappa shape index (κ1) is 16.8. The quantitative estimate of drug-likeness (QED) is 0.896. The molecule has 130 valence electrons. The van der Waals surface area contributed by atoms with Gasteiger partial charge in [-0.3, -0.25) is 10.1 Å². The first-order valence-electron chi connectivity index (χ1n) is 9.06. The van der Waals surface area contributed by atoms with Crippen LogP contribution in [0, 0.1) is 5.92 Å². The molecule has 0 spiro atoms. The summed E-state index contributed by atoms with van der Waals surface area (Å²) in [6, 6.07) is 8.00. The topological polar surface area (TPSA) is 61.4 Å². The summed E-state index contributed by atoms with van der Waals surface area (Å²) in [4.78, 5) is 26.4. The fourth-order valence-corrected chi connectivity index (χ4v) is 3.85. The Balaban J connectivity index is 1.52. The highest BCUT2D eigenvalue weighted by Gasteiger charge is 2.24. The molecule has 3 rings (SSSR count). The second-order valence-corrected chi connectivity index (χ2v) is 7.04. The van der Waals surface area contributed by atoms with Crippen molar-refractivity contribution in [3.63, 3.8) is 0 Å². The normalized spacial score (nSPS) is 23.3. The van der Waals surface area contributed by atoms with E-state index in [1.165, 1.54) is 12.0 Å². The number of hydrogen-bond donors (Lipinski definition) is 2. The predicted octanol–water partition coefficient (Wildman–Crippen LogP) is 2.84. The van der Waals surface area contributed by atoms with Crippen molar-refractivity contribution >= 4 is 17.6 Å². The van der Waals surface area contributed by atoms with E-state index in [-0.39, 0.29) is 24.5 Å². The number of aryl methyl sites for hydroxylation is 1. The van der Waals surface area contributed by atoms with Crippen LogP contribution in [0.15, 0.2) is 24.3 Å². The van der Waals surface area contributed by atoms with Crippen LogP contribution in [-0.2, 0) is 11.2 Å². The molecule has 5 nitrogen and oxygen atoms in total. The number of anilines is 1. The van der Waals surface area contributed by atoms with Crippen LogP contribution < -0.4 is 15.5 Å². The van der Waals surface area contributed by atoms with E-state index in [2.05, 4.69) is 28.5 Å². The fraction of sp³-hybridized carbons (Fsp3) is 0.579. The van der Waals surface area contributed by atoms with E-state index < -0.39 is 0 Å². The molecule has 1 aliphatic heterocycles.